The molecular weight excluding hydrogens is 543 g/mol. The van der Waals surface area contributed by atoms with E-state index in [2.05, 4.69) is 10.1 Å². The number of halogens is 5. The van der Waals surface area contributed by atoms with Gasteiger partial charge in [-0.1, -0.05) is 42.5 Å². The number of rotatable bonds is 17. The fourth-order valence-electron chi connectivity index (χ4n) is 3.55. The molecule has 0 spiro atoms. The summed E-state index contributed by atoms with van der Waals surface area (Å²) in [5, 5.41) is 11.9. The number of hydrogen-bond acceptors (Lipinski definition) is 5. The van der Waals surface area contributed by atoms with Crippen molar-refractivity contribution in [1.82, 2.24) is 10.2 Å². The smallest absolute Gasteiger partial charge is 0.482 e. The number of nitrogens with one attached hydrogen (secondary N) is 1. The van der Waals surface area contributed by atoms with Gasteiger partial charge < -0.3 is 29.5 Å². The SMILES string of the molecule is CCOC(Cc1ccc(OCCN(CCCOC(F)(F)C(F)(F)F)C(=O)NCCc2ccccc2)cc1)C(=O)O. The van der Waals surface area contributed by atoms with Crippen LogP contribution in [0.4, 0.5) is 26.7 Å². The summed E-state index contributed by atoms with van der Waals surface area (Å²) in [6, 6.07) is 15.4. The Hall–Kier alpha value is -3.45. The van der Waals surface area contributed by atoms with Crippen LogP contribution in [0.2, 0.25) is 0 Å². The van der Waals surface area contributed by atoms with E-state index in [1.165, 1.54) is 4.90 Å². The average molecular weight is 577 g/mol. The number of carboxylic acids is 1. The summed E-state index contributed by atoms with van der Waals surface area (Å²) in [5.74, 6) is -0.638. The minimum Gasteiger partial charge on any atom is -0.492 e. The molecule has 13 heteroatoms. The average Bonchev–Trinajstić information content (AvgIpc) is 2.90. The van der Waals surface area contributed by atoms with Crippen LogP contribution >= 0.6 is 0 Å². The predicted octanol–water partition coefficient (Wildman–Crippen LogP) is 4.91. The highest BCUT2D eigenvalue weighted by molar-refractivity contribution is 5.74. The molecule has 8 nitrogen and oxygen atoms in total. The summed E-state index contributed by atoms with van der Waals surface area (Å²) in [6.45, 7) is 1.18. The summed E-state index contributed by atoms with van der Waals surface area (Å²) in [7, 11) is 0. The van der Waals surface area contributed by atoms with Gasteiger partial charge in [-0.05, 0) is 43.0 Å². The van der Waals surface area contributed by atoms with Crippen molar-refractivity contribution in [1.29, 1.82) is 0 Å². The van der Waals surface area contributed by atoms with Crippen LogP contribution in [0, 0.1) is 0 Å². The Balaban J connectivity index is 1.90. The van der Waals surface area contributed by atoms with E-state index in [1.54, 1.807) is 31.2 Å². The summed E-state index contributed by atoms with van der Waals surface area (Å²) in [4.78, 5) is 25.2. The van der Waals surface area contributed by atoms with Crippen molar-refractivity contribution in [2.45, 2.75) is 44.6 Å². The van der Waals surface area contributed by atoms with Crippen LogP contribution in [-0.2, 0) is 27.1 Å². The third-order valence-electron chi connectivity index (χ3n) is 5.62. The maximum absolute atomic E-state index is 13.0. The molecule has 0 saturated carbocycles. The van der Waals surface area contributed by atoms with E-state index < -0.39 is 37.0 Å². The quantitative estimate of drug-likeness (QED) is 0.205. The number of carbonyl (C=O) groups excluding carboxylic acids is 1. The van der Waals surface area contributed by atoms with Crippen LogP contribution in [0.15, 0.2) is 54.6 Å². The number of nitrogens with zero attached hydrogens (tertiary/aromatic N) is 1. The number of alkyl halides is 5. The normalized spacial score (nSPS) is 12.6. The number of amides is 2. The van der Waals surface area contributed by atoms with E-state index in [1.807, 2.05) is 30.3 Å². The lowest BCUT2D eigenvalue weighted by Crippen LogP contribution is -2.44. The topological polar surface area (TPSA) is 97.3 Å². The number of benzene rings is 2. The van der Waals surface area contributed by atoms with E-state index in [4.69, 9.17) is 9.47 Å². The number of ether oxygens (including phenoxy) is 3. The third-order valence-corrected chi connectivity index (χ3v) is 5.62. The zero-order valence-corrected chi connectivity index (χ0v) is 22.0. The Morgan fingerprint density at radius 2 is 1.62 bits per heavy atom. The fraction of sp³-hybridized carbons (Fsp3) is 0.481. The van der Waals surface area contributed by atoms with Crippen LogP contribution in [0.3, 0.4) is 0 Å². The van der Waals surface area contributed by atoms with Crippen LogP contribution < -0.4 is 10.1 Å². The molecule has 2 rings (SSSR count). The van der Waals surface area contributed by atoms with Gasteiger partial charge in [0, 0.05) is 26.1 Å². The Morgan fingerprint density at radius 3 is 2.23 bits per heavy atom. The molecule has 0 aliphatic rings. The second-order valence-electron chi connectivity index (χ2n) is 8.65. The Kier molecular flexibility index (Phi) is 13.1. The molecule has 1 unspecified atom stereocenters. The second-order valence-corrected chi connectivity index (χ2v) is 8.65. The molecule has 0 aromatic heterocycles. The Morgan fingerprint density at radius 1 is 0.950 bits per heavy atom. The van der Waals surface area contributed by atoms with Gasteiger partial charge >= 0.3 is 24.3 Å². The molecule has 0 saturated heterocycles. The van der Waals surface area contributed by atoms with E-state index in [-0.39, 0.29) is 45.7 Å². The number of carbonyl (C=O) groups is 2. The van der Waals surface area contributed by atoms with Crippen molar-refractivity contribution in [2.75, 3.05) is 39.5 Å². The van der Waals surface area contributed by atoms with Gasteiger partial charge in [-0.3, -0.25) is 0 Å². The molecule has 0 aliphatic carbocycles. The lowest BCUT2D eigenvalue weighted by atomic mass is 10.1. The van der Waals surface area contributed by atoms with Crippen LogP contribution in [0.1, 0.15) is 24.5 Å². The number of hydrogen-bond donors (Lipinski definition) is 2. The van der Waals surface area contributed by atoms with Crippen molar-refractivity contribution in [3.8, 4) is 5.75 Å². The first-order chi connectivity index (χ1) is 18.9. The minimum absolute atomic E-state index is 0.00170. The molecule has 0 radical (unpaired) electrons. The van der Waals surface area contributed by atoms with Crippen molar-refractivity contribution in [3.05, 3.63) is 65.7 Å². The van der Waals surface area contributed by atoms with Crippen molar-refractivity contribution in [2.24, 2.45) is 0 Å². The van der Waals surface area contributed by atoms with Gasteiger partial charge in [0.15, 0.2) is 6.10 Å². The second kappa shape index (κ2) is 16.0. The van der Waals surface area contributed by atoms with Crippen molar-refractivity contribution < 1.29 is 50.9 Å². The Labute approximate surface area is 229 Å². The van der Waals surface area contributed by atoms with Crippen molar-refractivity contribution in [3.63, 3.8) is 0 Å². The lowest BCUT2D eigenvalue weighted by Gasteiger charge is -2.24. The highest BCUT2D eigenvalue weighted by atomic mass is 19.4. The largest absolute Gasteiger partial charge is 0.492 e. The molecule has 40 heavy (non-hydrogen) atoms. The maximum Gasteiger partial charge on any atom is 0.482 e. The van der Waals surface area contributed by atoms with Gasteiger partial charge in [0.1, 0.15) is 12.4 Å². The first kappa shape index (κ1) is 32.8. The molecule has 2 aromatic rings. The highest BCUT2D eigenvalue weighted by Gasteiger charge is 2.59. The molecule has 1 atom stereocenters. The molecule has 2 N–H and O–H groups in total. The molecule has 2 aromatic carbocycles. The number of aliphatic carboxylic acids is 1. The number of urea groups is 1. The third kappa shape index (κ3) is 11.3. The highest BCUT2D eigenvalue weighted by Crippen LogP contribution is 2.36. The fourth-order valence-corrected chi connectivity index (χ4v) is 3.55. The molecule has 0 aliphatic heterocycles. The summed E-state index contributed by atoms with van der Waals surface area (Å²) < 4.78 is 77.5. The summed E-state index contributed by atoms with van der Waals surface area (Å²) >= 11 is 0. The zero-order chi connectivity index (χ0) is 29.6. The minimum atomic E-state index is -5.83. The van der Waals surface area contributed by atoms with E-state index >= 15 is 0 Å². The van der Waals surface area contributed by atoms with E-state index in [0.717, 1.165) is 5.56 Å². The maximum atomic E-state index is 13.0. The Bertz CT molecular complexity index is 1040. The molecule has 222 valence electrons. The van der Waals surface area contributed by atoms with Gasteiger partial charge in [0.2, 0.25) is 0 Å². The van der Waals surface area contributed by atoms with Gasteiger partial charge in [0.05, 0.1) is 13.2 Å². The van der Waals surface area contributed by atoms with Crippen LogP contribution in [-0.4, -0.2) is 79.9 Å². The molecule has 0 bridgehead atoms. The van der Waals surface area contributed by atoms with Crippen LogP contribution in [0.25, 0.3) is 0 Å². The van der Waals surface area contributed by atoms with Gasteiger partial charge in [-0.25, -0.2) is 9.59 Å². The summed E-state index contributed by atoms with van der Waals surface area (Å²) in [5.41, 5.74) is 1.70. The van der Waals surface area contributed by atoms with Crippen molar-refractivity contribution >= 4 is 12.0 Å². The van der Waals surface area contributed by atoms with E-state index in [0.29, 0.717) is 17.7 Å². The van der Waals surface area contributed by atoms with Crippen LogP contribution in [0.5, 0.6) is 5.75 Å². The first-order valence-electron chi connectivity index (χ1n) is 12.6. The number of carboxylic acid groups (broad SMARTS) is 1. The molecule has 2 amide bonds. The molecule has 0 fully saturated rings. The molecular formula is C27H33F5N2O6. The summed E-state index contributed by atoms with van der Waals surface area (Å²) in [6.07, 6.45) is -11.7. The lowest BCUT2D eigenvalue weighted by molar-refractivity contribution is -0.391. The van der Waals surface area contributed by atoms with Gasteiger partial charge in [0.25, 0.3) is 0 Å². The standard InChI is InChI=1S/C27H33F5N2O6/c1-2-38-23(24(35)36)19-21-9-11-22(12-10-21)39-18-16-34(15-6-17-40-27(31,32)26(28,29)30)25(37)33-14-13-20-7-4-3-5-8-20/h3-5,7-12,23H,2,6,13-19H2,1H3,(H,33,37)(H,35,36). The predicted molar refractivity (Wildman–Crippen MR) is 135 cm³/mol. The van der Waals surface area contributed by atoms with E-state index in [9.17, 15) is 36.6 Å². The monoisotopic (exact) mass is 576 g/mol. The molecule has 0 heterocycles. The van der Waals surface area contributed by atoms with Gasteiger partial charge in [-0.2, -0.15) is 22.0 Å². The first-order valence-corrected chi connectivity index (χ1v) is 12.6. The van der Waals surface area contributed by atoms with Gasteiger partial charge in [-0.15, -0.1) is 0 Å². The zero-order valence-electron chi connectivity index (χ0n) is 22.0.